The van der Waals surface area contributed by atoms with E-state index in [2.05, 4.69) is 18.2 Å². The molecule has 31 heavy (non-hydrogen) atoms. The highest BCUT2D eigenvalue weighted by Gasteiger charge is 2.30. The largest absolute Gasteiger partial charge is 0.493 e. The summed E-state index contributed by atoms with van der Waals surface area (Å²) in [5, 5.41) is 0. The Labute approximate surface area is 184 Å². The van der Waals surface area contributed by atoms with E-state index in [0.717, 1.165) is 62.7 Å². The lowest BCUT2D eigenvalue weighted by Gasteiger charge is -2.30. The molecule has 1 saturated heterocycles. The van der Waals surface area contributed by atoms with Crippen LogP contribution in [0.2, 0.25) is 0 Å². The highest BCUT2D eigenvalue weighted by atomic mass is 16.5. The van der Waals surface area contributed by atoms with Crippen molar-refractivity contribution < 1.29 is 28.8 Å². The molecule has 0 unspecified atom stereocenters. The first-order chi connectivity index (χ1) is 15.1. The summed E-state index contributed by atoms with van der Waals surface area (Å²) < 4.78 is 16.5. The molecule has 0 bridgehead atoms. The van der Waals surface area contributed by atoms with E-state index >= 15 is 0 Å². The number of rotatable bonds is 7. The van der Waals surface area contributed by atoms with Gasteiger partial charge in [0.25, 0.3) is 5.91 Å². The molecule has 2 heterocycles. The van der Waals surface area contributed by atoms with E-state index in [1.165, 1.54) is 15.4 Å². The summed E-state index contributed by atoms with van der Waals surface area (Å²) in [5.74, 6) is 2.30. The summed E-state index contributed by atoms with van der Waals surface area (Å²) in [7, 11) is 4.93. The number of anilines is 1. The second-order valence-electron chi connectivity index (χ2n) is 8.27. The smallest absolute Gasteiger partial charge is 0.282 e. The Morgan fingerprint density at radius 3 is 2.32 bits per heavy atom. The molecule has 1 amide bonds. The van der Waals surface area contributed by atoms with Crippen molar-refractivity contribution in [2.24, 2.45) is 0 Å². The van der Waals surface area contributed by atoms with Crippen LogP contribution in [0.1, 0.15) is 11.1 Å². The molecule has 0 saturated carbocycles. The molecular weight excluding hydrogens is 394 g/mol. The number of carbonyl (C=O) groups excluding carboxylic acids is 1. The molecule has 2 aromatic carbocycles. The Morgan fingerprint density at radius 1 is 0.903 bits per heavy atom. The molecule has 4 rings (SSSR count). The highest BCUT2D eigenvalue weighted by Crippen LogP contribution is 2.39. The summed E-state index contributed by atoms with van der Waals surface area (Å²) in [6.07, 6.45) is 0.961. The van der Waals surface area contributed by atoms with Crippen molar-refractivity contribution >= 4 is 11.6 Å². The quantitative estimate of drug-likeness (QED) is 0.631. The Morgan fingerprint density at radius 2 is 1.61 bits per heavy atom. The summed E-state index contributed by atoms with van der Waals surface area (Å²) in [6, 6.07) is 12.2. The maximum absolute atomic E-state index is 12.9. The Balaban J connectivity index is 1.33. The Bertz CT molecular complexity index is 925. The van der Waals surface area contributed by atoms with Crippen LogP contribution in [0.3, 0.4) is 0 Å². The number of quaternary nitrogens is 2. The molecule has 0 aromatic heterocycles. The number of carbonyl (C=O) groups is 1. The minimum atomic E-state index is 0.241. The first-order valence-electron chi connectivity index (χ1n) is 11.0. The van der Waals surface area contributed by atoms with E-state index in [-0.39, 0.29) is 5.91 Å². The normalized spacial score (nSPS) is 20.3. The number of piperazine rings is 1. The number of hydrogen-bond donors (Lipinski definition) is 2. The van der Waals surface area contributed by atoms with E-state index < -0.39 is 0 Å². The number of methoxy groups -OCH3 is 3. The van der Waals surface area contributed by atoms with E-state index in [4.69, 9.17) is 14.2 Å². The van der Waals surface area contributed by atoms with Crippen molar-refractivity contribution in [1.29, 1.82) is 0 Å². The van der Waals surface area contributed by atoms with Gasteiger partial charge in [-0.15, -0.1) is 0 Å². The van der Waals surface area contributed by atoms with Crippen LogP contribution < -0.4 is 28.9 Å². The van der Waals surface area contributed by atoms with Gasteiger partial charge in [-0.1, -0.05) is 18.2 Å². The fourth-order valence-corrected chi connectivity index (χ4v) is 4.79. The predicted octanol–water partition coefficient (Wildman–Crippen LogP) is -0.415. The van der Waals surface area contributed by atoms with Crippen molar-refractivity contribution in [2.75, 3.05) is 65.5 Å². The summed E-state index contributed by atoms with van der Waals surface area (Å²) in [5.41, 5.74) is 3.49. The van der Waals surface area contributed by atoms with Crippen LogP contribution in [0.5, 0.6) is 17.2 Å². The van der Waals surface area contributed by atoms with Gasteiger partial charge < -0.3 is 28.9 Å². The highest BCUT2D eigenvalue weighted by molar-refractivity contribution is 5.96. The van der Waals surface area contributed by atoms with Crippen LogP contribution in [-0.4, -0.2) is 66.5 Å². The van der Waals surface area contributed by atoms with Gasteiger partial charge in [0.1, 0.15) is 32.7 Å². The van der Waals surface area contributed by atoms with Crippen LogP contribution in [-0.2, 0) is 17.8 Å². The molecule has 0 atom stereocenters. The van der Waals surface area contributed by atoms with Crippen LogP contribution in [0.4, 0.5) is 5.69 Å². The summed E-state index contributed by atoms with van der Waals surface area (Å²) >= 11 is 0. The van der Waals surface area contributed by atoms with E-state index in [1.54, 1.807) is 21.3 Å². The van der Waals surface area contributed by atoms with E-state index in [0.29, 0.717) is 18.0 Å². The van der Waals surface area contributed by atoms with Crippen LogP contribution >= 0.6 is 0 Å². The lowest BCUT2D eigenvalue weighted by atomic mass is 10.1. The zero-order valence-corrected chi connectivity index (χ0v) is 18.7. The van der Waals surface area contributed by atoms with Gasteiger partial charge in [0.15, 0.2) is 18.0 Å². The van der Waals surface area contributed by atoms with E-state index in [9.17, 15) is 4.79 Å². The fourth-order valence-electron chi connectivity index (χ4n) is 4.79. The molecule has 2 aromatic rings. The number of hydrogen-bond acceptors (Lipinski definition) is 4. The minimum absolute atomic E-state index is 0.241. The second-order valence-corrected chi connectivity index (χ2v) is 8.27. The lowest BCUT2D eigenvalue weighted by Crippen LogP contribution is -3.28. The number of ether oxygens (including phenoxy) is 3. The molecule has 0 aliphatic carbocycles. The third kappa shape index (κ3) is 4.48. The van der Waals surface area contributed by atoms with Crippen molar-refractivity contribution in [1.82, 2.24) is 0 Å². The molecule has 0 spiro atoms. The summed E-state index contributed by atoms with van der Waals surface area (Å²) in [4.78, 5) is 17.8. The average molecular weight is 428 g/mol. The third-order valence-electron chi connectivity index (χ3n) is 6.48. The van der Waals surface area contributed by atoms with Gasteiger partial charge in [-0.05, 0) is 30.2 Å². The number of para-hydroxylation sites is 1. The monoisotopic (exact) mass is 427 g/mol. The maximum atomic E-state index is 12.9. The molecule has 2 aliphatic rings. The fraction of sp³-hybridized carbons (Fsp3) is 0.458. The molecular formula is C24H33N3O4+2. The lowest BCUT2D eigenvalue weighted by molar-refractivity contribution is -1.02. The number of fused-ring (bicyclic) bond motifs is 1. The number of benzene rings is 2. The Kier molecular flexibility index (Phi) is 6.63. The third-order valence-corrected chi connectivity index (χ3v) is 6.48. The SMILES string of the molecule is COc1ccc(C[NH+]2CC[NH+](CC(=O)N3CCc4ccccc43)CC2)c(OC)c1OC. The van der Waals surface area contributed by atoms with Gasteiger partial charge in [0, 0.05) is 12.2 Å². The van der Waals surface area contributed by atoms with Crippen molar-refractivity contribution in [2.45, 2.75) is 13.0 Å². The molecule has 7 nitrogen and oxygen atoms in total. The van der Waals surface area contributed by atoms with Gasteiger partial charge in [-0.25, -0.2) is 0 Å². The van der Waals surface area contributed by atoms with Gasteiger partial charge in [-0.3, -0.25) is 4.79 Å². The molecule has 7 heteroatoms. The molecule has 2 aliphatic heterocycles. The van der Waals surface area contributed by atoms with E-state index in [1.807, 2.05) is 23.1 Å². The minimum Gasteiger partial charge on any atom is -0.493 e. The second kappa shape index (κ2) is 9.58. The molecule has 2 N–H and O–H groups in total. The van der Waals surface area contributed by atoms with Crippen molar-refractivity contribution in [3.05, 3.63) is 47.5 Å². The number of amides is 1. The van der Waals surface area contributed by atoms with Crippen LogP contribution in [0, 0.1) is 0 Å². The summed E-state index contributed by atoms with van der Waals surface area (Å²) in [6.45, 7) is 6.28. The number of nitrogens with one attached hydrogen (secondary N) is 2. The van der Waals surface area contributed by atoms with Crippen molar-refractivity contribution in [3.63, 3.8) is 0 Å². The maximum Gasteiger partial charge on any atom is 0.282 e. The topological polar surface area (TPSA) is 56.9 Å². The standard InChI is InChI=1S/C24H31N3O4/c1-29-21-9-8-19(23(30-2)24(21)31-3)16-25-12-14-26(15-13-25)17-22(28)27-11-10-18-6-4-5-7-20(18)27/h4-9H,10-17H2,1-3H3/p+2. The first-order valence-corrected chi connectivity index (χ1v) is 11.0. The average Bonchev–Trinajstić information content (AvgIpc) is 3.24. The zero-order valence-electron chi connectivity index (χ0n) is 18.7. The zero-order chi connectivity index (χ0) is 21.8. The molecule has 1 fully saturated rings. The molecule has 166 valence electrons. The van der Waals surface area contributed by atoms with Gasteiger partial charge in [0.2, 0.25) is 5.75 Å². The van der Waals surface area contributed by atoms with Crippen LogP contribution in [0.25, 0.3) is 0 Å². The van der Waals surface area contributed by atoms with Gasteiger partial charge in [-0.2, -0.15) is 0 Å². The first kappa shape index (κ1) is 21.5. The number of nitrogens with zero attached hydrogens (tertiary/aromatic N) is 1. The van der Waals surface area contributed by atoms with Crippen LogP contribution in [0.15, 0.2) is 36.4 Å². The Hall–Kier alpha value is -2.77. The molecule has 0 radical (unpaired) electrons. The predicted molar refractivity (Wildman–Crippen MR) is 119 cm³/mol. The van der Waals surface area contributed by atoms with Crippen molar-refractivity contribution in [3.8, 4) is 17.2 Å². The van der Waals surface area contributed by atoms with Gasteiger partial charge in [0.05, 0.1) is 26.9 Å². The van der Waals surface area contributed by atoms with Gasteiger partial charge >= 0.3 is 0 Å².